The van der Waals surface area contributed by atoms with Gasteiger partial charge < -0.3 is 19.8 Å². The van der Waals surface area contributed by atoms with Crippen molar-refractivity contribution in [3.63, 3.8) is 0 Å². The number of amides is 1. The third-order valence-corrected chi connectivity index (χ3v) is 2.75. The molecule has 0 radical (unpaired) electrons. The molecule has 1 aromatic carbocycles. The van der Waals surface area contributed by atoms with Gasteiger partial charge in [0.25, 0.3) is 5.91 Å². The zero-order chi connectivity index (χ0) is 14.2. The monoisotopic (exact) mass is 310 g/mol. The van der Waals surface area contributed by atoms with Crippen LogP contribution in [0, 0.1) is 0 Å². The first kappa shape index (κ1) is 17.1. The van der Waals surface area contributed by atoms with Crippen LogP contribution in [-0.2, 0) is 6.61 Å². The Bertz CT molecular complexity index is 543. The summed E-state index contributed by atoms with van der Waals surface area (Å²) in [7, 11) is 1.83. The smallest absolute Gasteiger partial charge is 0.287 e. The van der Waals surface area contributed by atoms with Gasteiger partial charge in [-0.1, -0.05) is 18.2 Å². The van der Waals surface area contributed by atoms with E-state index >= 15 is 0 Å². The first-order valence-corrected chi connectivity index (χ1v) is 6.48. The summed E-state index contributed by atoms with van der Waals surface area (Å²) < 4.78 is 10.8. The fourth-order valence-electron chi connectivity index (χ4n) is 1.71. The highest BCUT2D eigenvalue weighted by Crippen LogP contribution is 2.15. The first-order chi connectivity index (χ1) is 9.81. The van der Waals surface area contributed by atoms with Crippen LogP contribution in [0.5, 0.6) is 5.75 Å². The molecule has 2 aromatic rings. The van der Waals surface area contributed by atoms with Crippen molar-refractivity contribution < 1.29 is 13.9 Å². The zero-order valence-electron chi connectivity index (χ0n) is 11.8. The van der Waals surface area contributed by atoms with Gasteiger partial charge in [-0.3, -0.25) is 4.79 Å². The van der Waals surface area contributed by atoms with E-state index in [0.717, 1.165) is 11.3 Å². The van der Waals surface area contributed by atoms with Crippen LogP contribution in [0.3, 0.4) is 0 Å². The van der Waals surface area contributed by atoms with E-state index in [-0.39, 0.29) is 18.3 Å². The number of furan rings is 1. The molecule has 6 heteroatoms. The van der Waals surface area contributed by atoms with Gasteiger partial charge in [0, 0.05) is 18.7 Å². The van der Waals surface area contributed by atoms with Crippen molar-refractivity contribution in [2.45, 2.75) is 6.61 Å². The SMILES string of the molecule is CNCCNC(=O)c1occc1COc1ccccc1.Cl. The summed E-state index contributed by atoms with van der Waals surface area (Å²) in [4.78, 5) is 11.9. The summed E-state index contributed by atoms with van der Waals surface area (Å²) in [6, 6.07) is 11.2. The van der Waals surface area contributed by atoms with Crippen LogP contribution in [0.15, 0.2) is 47.1 Å². The second kappa shape index (κ2) is 9.05. The number of ether oxygens (including phenoxy) is 1. The molecule has 0 atom stereocenters. The number of carbonyl (C=O) groups is 1. The quantitative estimate of drug-likeness (QED) is 0.770. The van der Waals surface area contributed by atoms with Crippen molar-refractivity contribution in [3.8, 4) is 5.75 Å². The van der Waals surface area contributed by atoms with Crippen LogP contribution in [0.1, 0.15) is 16.1 Å². The lowest BCUT2D eigenvalue weighted by Crippen LogP contribution is -2.30. The van der Waals surface area contributed by atoms with E-state index < -0.39 is 0 Å². The van der Waals surface area contributed by atoms with Gasteiger partial charge in [0.1, 0.15) is 12.4 Å². The fraction of sp³-hybridized carbons (Fsp3) is 0.267. The van der Waals surface area contributed by atoms with Gasteiger partial charge in [-0.25, -0.2) is 0 Å². The Labute approximate surface area is 130 Å². The Morgan fingerprint density at radius 2 is 1.95 bits per heavy atom. The average Bonchev–Trinajstić information content (AvgIpc) is 2.95. The Morgan fingerprint density at radius 3 is 2.67 bits per heavy atom. The van der Waals surface area contributed by atoms with Crippen molar-refractivity contribution in [3.05, 3.63) is 54.0 Å². The molecule has 2 N–H and O–H groups in total. The van der Waals surface area contributed by atoms with E-state index in [4.69, 9.17) is 9.15 Å². The van der Waals surface area contributed by atoms with Crippen LogP contribution in [0.2, 0.25) is 0 Å². The second-order valence-corrected chi connectivity index (χ2v) is 4.24. The van der Waals surface area contributed by atoms with E-state index in [1.165, 1.54) is 6.26 Å². The second-order valence-electron chi connectivity index (χ2n) is 4.24. The summed E-state index contributed by atoms with van der Waals surface area (Å²) in [6.07, 6.45) is 1.50. The molecule has 0 saturated heterocycles. The highest BCUT2D eigenvalue weighted by molar-refractivity contribution is 5.92. The summed E-state index contributed by atoms with van der Waals surface area (Å²) in [6.45, 7) is 1.56. The predicted octanol–water partition coefficient (Wildman–Crippen LogP) is 2.23. The van der Waals surface area contributed by atoms with Crippen LogP contribution in [-0.4, -0.2) is 26.0 Å². The standard InChI is InChI=1S/C15H18N2O3.ClH/c1-16-8-9-17-15(18)14-12(7-10-19-14)11-20-13-5-3-2-4-6-13;/h2-7,10,16H,8-9,11H2,1H3,(H,17,18);1H. The van der Waals surface area contributed by atoms with Crippen LogP contribution in [0.4, 0.5) is 0 Å². The van der Waals surface area contributed by atoms with E-state index in [9.17, 15) is 4.79 Å². The Kier molecular flexibility index (Phi) is 7.36. The Hall–Kier alpha value is -1.98. The molecule has 0 bridgehead atoms. The topological polar surface area (TPSA) is 63.5 Å². The molecule has 1 heterocycles. The van der Waals surface area contributed by atoms with Crippen molar-refractivity contribution in [1.82, 2.24) is 10.6 Å². The number of para-hydroxylation sites is 1. The van der Waals surface area contributed by atoms with E-state index in [1.807, 2.05) is 37.4 Å². The van der Waals surface area contributed by atoms with Gasteiger partial charge >= 0.3 is 0 Å². The number of likely N-dealkylation sites (N-methyl/N-ethyl adjacent to an activating group) is 1. The van der Waals surface area contributed by atoms with Gasteiger partial charge in [-0.2, -0.15) is 0 Å². The van der Waals surface area contributed by atoms with Gasteiger partial charge in [0.05, 0.1) is 6.26 Å². The number of rotatable bonds is 7. The van der Waals surface area contributed by atoms with Gasteiger partial charge in [-0.05, 0) is 25.2 Å². The van der Waals surface area contributed by atoms with Crippen LogP contribution in [0.25, 0.3) is 0 Å². The third-order valence-electron chi connectivity index (χ3n) is 2.75. The number of nitrogens with one attached hydrogen (secondary N) is 2. The van der Waals surface area contributed by atoms with Gasteiger partial charge in [0.15, 0.2) is 5.76 Å². The van der Waals surface area contributed by atoms with E-state index in [2.05, 4.69) is 10.6 Å². The zero-order valence-corrected chi connectivity index (χ0v) is 12.6. The van der Waals surface area contributed by atoms with Gasteiger partial charge in [0.2, 0.25) is 0 Å². The lowest BCUT2D eigenvalue weighted by atomic mass is 10.2. The van der Waals surface area contributed by atoms with Crippen LogP contribution >= 0.6 is 12.4 Å². The predicted molar refractivity (Wildman–Crippen MR) is 83.0 cm³/mol. The fourth-order valence-corrected chi connectivity index (χ4v) is 1.71. The molecule has 0 saturated carbocycles. The molecule has 21 heavy (non-hydrogen) atoms. The highest BCUT2D eigenvalue weighted by atomic mass is 35.5. The molecule has 0 unspecified atom stereocenters. The maximum absolute atomic E-state index is 11.9. The Morgan fingerprint density at radius 1 is 1.19 bits per heavy atom. The molecular formula is C15H19ClN2O3. The number of hydrogen-bond donors (Lipinski definition) is 2. The lowest BCUT2D eigenvalue weighted by Gasteiger charge is -2.07. The summed E-state index contributed by atoms with van der Waals surface area (Å²) in [5, 5.41) is 5.73. The number of halogens is 1. The molecule has 0 spiro atoms. The molecule has 0 fully saturated rings. The van der Waals surface area contributed by atoms with Crippen molar-refractivity contribution >= 4 is 18.3 Å². The van der Waals surface area contributed by atoms with Crippen molar-refractivity contribution in [2.24, 2.45) is 0 Å². The molecule has 1 amide bonds. The summed E-state index contributed by atoms with van der Waals surface area (Å²) >= 11 is 0. The molecule has 0 aliphatic carbocycles. The maximum atomic E-state index is 11.9. The molecule has 2 rings (SSSR count). The molecule has 0 aliphatic rings. The van der Waals surface area contributed by atoms with E-state index in [0.29, 0.717) is 25.5 Å². The molecule has 1 aromatic heterocycles. The molecule has 0 aliphatic heterocycles. The lowest BCUT2D eigenvalue weighted by molar-refractivity contribution is 0.0923. The molecular weight excluding hydrogens is 292 g/mol. The number of hydrogen-bond acceptors (Lipinski definition) is 4. The molecule has 114 valence electrons. The minimum Gasteiger partial charge on any atom is -0.489 e. The average molecular weight is 311 g/mol. The first-order valence-electron chi connectivity index (χ1n) is 6.48. The van der Waals surface area contributed by atoms with Crippen molar-refractivity contribution in [2.75, 3.05) is 20.1 Å². The maximum Gasteiger partial charge on any atom is 0.287 e. The third kappa shape index (κ3) is 5.13. The summed E-state index contributed by atoms with van der Waals surface area (Å²) in [5.41, 5.74) is 0.732. The van der Waals surface area contributed by atoms with Crippen LogP contribution < -0.4 is 15.4 Å². The summed E-state index contributed by atoms with van der Waals surface area (Å²) in [5.74, 6) is 0.837. The highest BCUT2D eigenvalue weighted by Gasteiger charge is 2.15. The largest absolute Gasteiger partial charge is 0.489 e. The number of carbonyl (C=O) groups excluding carboxylic acids is 1. The Balaban J connectivity index is 0.00000220. The molecule has 5 nitrogen and oxygen atoms in total. The van der Waals surface area contributed by atoms with Gasteiger partial charge in [-0.15, -0.1) is 12.4 Å². The number of benzene rings is 1. The minimum atomic E-state index is -0.225. The van der Waals surface area contributed by atoms with E-state index in [1.54, 1.807) is 6.07 Å². The normalized spacial score (nSPS) is 9.76. The minimum absolute atomic E-state index is 0. The van der Waals surface area contributed by atoms with Crippen molar-refractivity contribution in [1.29, 1.82) is 0 Å².